The minimum atomic E-state index is -0.238. The molecule has 2 atom stereocenters. The van der Waals surface area contributed by atoms with Gasteiger partial charge in [0.2, 0.25) is 11.8 Å². The van der Waals surface area contributed by atoms with Crippen LogP contribution >= 0.6 is 11.8 Å². The Hall–Kier alpha value is -3.66. The number of aromatic nitrogens is 2. The van der Waals surface area contributed by atoms with E-state index in [4.69, 9.17) is 9.47 Å². The van der Waals surface area contributed by atoms with Gasteiger partial charge in [0.25, 0.3) is 0 Å². The van der Waals surface area contributed by atoms with E-state index in [0.29, 0.717) is 36.8 Å². The lowest BCUT2D eigenvalue weighted by Gasteiger charge is -2.21. The van der Waals surface area contributed by atoms with Gasteiger partial charge in [-0.1, -0.05) is 23.9 Å². The zero-order valence-corrected chi connectivity index (χ0v) is 21.0. The van der Waals surface area contributed by atoms with E-state index in [1.807, 2.05) is 36.0 Å². The molecule has 0 unspecified atom stereocenters. The van der Waals surface area contributed by atoms with Crippen LogP contribution in [0.15, 0.2) is 53.9 Å². The van der Waals surface area contributed by atoms with Crippen LogP contribution in [-0.4, -0.2) is 63.4 Å². The molecule has 2 N–H and O–H groups in total. The summed E-state index contributed by atoms with van der Waals surface area (Å²) >= 11 is 1.40. The van der Waals surface area contributed by atoms with Crippen molar-refractivity contribution in [1.82, 2.24) is 19.8 Å². The van der Waals surface area contributed by atoms with Crippen molar-refractivity contribution in [2.45, 2.75) is 30.0 Å². The van der Waals surface area contributed by atoms with Crippen molar-refractivity contribution in [3.05, 3.63) is 59.9 Å². The van der Waals surface area contributed by atoms with Crippen LogP contribution in [0.1, 0.15) is 23.5 Å². The number of hydrogen-bond acceptors (Lipinski definition) is 7. The summed E-state index contributed by atoms with van der Waals surface area (Å²) < 4.78 is 13.5. The number of carbonyl (C=O) groups is 2. The first-order valence-corrected chi connectivity index (χ1v) is 12.7. The van der Waals surface area contributed by atoms with Crippen molar-refractivity contribution < 1.29 is 24.2 Å². The summed E-state index contributed by atoms with van der Waals surface area (Å²) in [5, 5.41) is 14.3. The number of likely N-dealkylation sites (tertiary alicyclic amines) is 1. The number of hydrogen-bond donors (Lipinski definition) is 2. The van der Waals surface area contributed by atoms with E-state index in [2.05, 4.69) is 10.3 Å². The van der Waals surface area contributed by atoms with E-state index >= 15 is 0 Å². The highest BCUT2D eigenvalue weighted by Gasteiger charge is 2.37. The molecular formula is C26H28N4O5S. The predicted octanol–water partition coefficient (Wildman–Crippen LogP) is 3.08. The third-order valence-electron chi connectivity index (χ3n) is 6.62. The van der Waals surface area contributed by atoms with E-state index < -0.39 is 0 Å². The standard InChI is InChI=1S/C26H28N4O5S/c1-29-10-9-27-26(29)36-15-25(33)30-13-18-17-5-7-21(34-2)23(12-17)35-22-11-16(3-6-20(22)31)4-8-24(32)28-19(18)14-30/h3,5-7,9-12,18-19,31H,4,8,13-15H2,1-2H3,(H,28,32)/t18-,19+/m0/s1. The predicted molar refractivity (Wildman–Crippen MR) is 135 cm³/mol. The lowest BCUT2D eigenvalue weighted by Crippen LogP contribution is -2.40. The van der Waals surface area contributed by atoms with Crippen molar-refractivity contribution in [1.29, 1.82) is 0 Å². The van der Waals surface area contributed by atoms with Gasteiger partial charge in [0.1, 0.15) is 0 Å². The normalized spacial score (nSPS) is 19.3. The lowest BCUT2D eigenvalue weighted by atomic mass is 9.93. The molecule has 0 spiro atoms. The van der Waals surface area contributed by atoms with Gasteiger partial charge in [-0.25, -0.2) is 4.98 Å². The zero-order chi connectivity index (χ0) is 25.2. The van der Waals surface area contributed by atoms with Gasteiger partial charge in [-0.2, -0.15) is 0 Å². The number of carbonyl (C=O) groups excluding carboxylic acids is 2. The topological polar surface area (TPSA) is 106 Å². The summed E-state index contributed by atoms with van der Waals surface area (Å²) in [7, 11) is 3.45. The third kappa shape index (κ3) is 4.99. The SMILES string of the molecule is COc1ccc2cc1Oc1cc(ccc1O)CCC(=O)N[C@@H]1CN(C(=O)CSc3nccn3C)C[C@@H]21. The zero-order valence-electron chi connectivity index (χ0n) is 20.1. The van der Waals surface area contributed by atoms with Crippen molar-refractivity contribution in [2.24, 2.45) is 7.05 Å². The summed E-state index contributed by atoms with van der Waals surface area (Å²) in [6.45, 7) is 0.892. The van der Waals surface area contributed by atoms with Gasteiger partial charge < -0.3 is 29.4 Å². The third-order valence-corrected chi connectivity index (χ3v) is 7.66. The Kier molecular flexibility index (Phi) is 6.77. The van der Waals surface area contributed by atoms with Crippen molar-refractivity contribution in [3.63, 3.8) is 0 Å². The number of nitrogens with one attached hydrogen (secondary N) is 1. The molecule has 3 heterocycles. The molecule has 0 aliphatic carbocycles. The fourth-order valence-electron chi connectivity index (χ4n) is 4.65. The Balaban J connectivity index is 1.43. The Morgan fingerprint density at radius 3 is 2.86 bits per heavy atom. The van der Waals surface area contributed by atoms with Crippen LogP contribution in [0.2, 0.25) is 0 Å². The number of phenols is 1. The number of phenolic OH excluding ortho intramolecular Hbond substituents is 1. The minimum Gasteiger partial charge on any atom is -0.504 e. The van der Waals surface area contributed by atoms with Crippen molar-refractivity contribution in [3.8, 4) is 23.0 Å². The molecule has 3 aromatic rings. The molecule has 0 saturated carbocycles. The smallest absolute Gasteiger partial charge is 0.233 e. The number of benzene rings is 2. The van der Waals surface area contributed by atoms with Gasteiger partial charge in [0.15, 0.2) is 28.2 Å². The van der Waals surface area contributed by atoms with Gasteiger partial charge in [-0.3, -0.25) is 9.59 Å². The van der Waals surface area contributed by atoms with Gasteiger partial charge in [-0.05, 0) is 41.8 Å². The van der Waals surface area contributed by atoms with Crippen LogP contribution in [0.3, 0.4) is 0 Å². The number of ether oxygens (including phenoxy) is 2. The molecule has 1 saturated heterocycles. The maximum absolute atomic E-state index is 13.1. The molecule has 2 aliphatic rings. The highest BCUT2D eigenvalue weighted by molar-refractivity contribution is 7.99. The summed E-state index contributed by atoms with van der Waals surface area (Å²) in [6.07, 6.45) is 4.34. The second kappa shape index (κ2) is 10.1. The second-order valence-electron chi connectivity index (χ2n) is 9.00. The van der Waals surface area contributed by atoms with E-state index in [-0.39, 0.29) is 41.7 Å². The first-order chi connectivity index (χ1) is 17.4. The number of imidazole rings is 1. The molecule has 9 nitrogen and oxygen atoms in total. The Bertz CT molecular complexity index is 1290. The molecule has 2 aliphatic heterocycles. The molecule has 1 fully saturated rings. The average Bonchev–Trinajstić information content (AvgIpc) is 3.48. The van der Waals surface area contributed by atoms with Gasteiger partial charge >= 0.3 is 0 Å². The minimum absolute atomic E-state index is 0.00393. The van der Waals surface area contributed by atoms with Crippen LogP contribution in [0, 0.1) is 0 Å². The molecule has 188 valence electrons. The van der Waals surface area contributed by atoms with E-state index in [9.17, 15) is 14.7 Å². The summed E-state index contributed by atoms with van der Waals surface area (Å²) in [5.74, 6) is 1.35. The quantitative estimate of drug-likeness (QED) is 0.522. The monoisotopic (exact) mass is 508 g/mol. The maximum Gasteiger partial charge on any atom is 0.233 e. The molecule has 1 aromatic heterocycles. The number of nitrogens with zero attached hydrogens (tertiary/aromatic N) is 3. The summed E-state index contributed by atoms with van der Waals surface area (Å²) in [5.41, 5.74) is 1.79. The van der Waals surface area contributed by atoms with E-state index in [0.717, 1.165) is 16.3 Å². The molecule has 2 amide bonds. The van der Waals surface area contributed by atoms with Gasteiger partial charge in [-0.15, -0.1) is 0 Å². The van der Waals surface area contributed by atoms with Crippen molar-refractivity contribution in [2.75, 3.05) is 26.0 Å². The molecule has 2 aromatic carbocycles. The number of thioether (sulfide) groups is 1. The van der Waals surface area contributed by atoms with Crippen LogP contribution in [-0.2, 0) is 23.1 Å². The number of methoxy groups -OCH3 is 1. The highest BCUT2D eigenvalue weighted by Crippen LogP contribution is 2.40. The number of aromatic hydroxyl groups is 1. The number of fused-ring (bicyclic) bond motifs is 6. The van der Waals surface area contributed by atoms with Crippen LogP contribution in [0.4, 0.5) is 0 Å². The van der Waals surface area contributed by atoms with E-state index in [1.165, 1.54) is 11.8 Å². The fraction of sp³-hybridized carbons (Fsp3) is 0.346. The first kappa shape index (κ1) is 24.1. The Morgan fingerprint density at radius 2 is 2.08 bits per heavy atom. The highest BCUT2D eigenvalue weighted by atomic mass is 32.2. The molecule has 5 rings (SSSR count). The molecule has 36 heavy (non-hydrogen) atoms. The number of rotatable bonds is 4. The van der Waals surface area contributed by atoms with Crippen LogP contribution < -0.4 is 14.8 Å². The van der Waals surface area contributed by atoms with Gasteiger partial charge in [0.05, 0.1) is 18.9 Å². The van der Waals surface area contributed by atoms with Crippen LogP contribution in [0.25, 0.3) is 0 Å². The number of amides is 2. The summed E-state index contributed by atoms with van der Waals surface area (Å²) in [4.78, 5) is 32.0. The lowest BCUT2D eigenvalue weighted by molar-refractivity contribution is -0.128. The maximum atomic E-state index is 13.1. The largest absolute Gasteiger partial charge is 0.504 e. The second-order valence-corrected chi connectivity index (χ2v) is 9.95. The van der Waals surface area contributed by atoms with Gasteiger partial charge in [0, 0.05) is 44.9 Å². The average molecular weight is 509 g/mol. The first-order valence-electron chi connectivity index (χ1n) is 11.8. The Labute approximate surface area is 213 Å². The molecule has 10 heteroatoms. The number of aryl methyl sites for hydroxylation is 2. The van der Waals surface area contributed by atoms with Crippen LogP contribution in [0.5, 0.6) is 23.0 Å². The van der Waals surface area contributed by atoms with Crippen molar-refractivity contribution >= 4 is 23.6 Å². The Morgan fingerprint density at radius 1 is 1.22 bits per heavy atom. The molecule has 4 bridgehead atoms. The van der Waals surface area contributed by atoms with E-state index in [1.54, 1.807) is 36.4 Å². The summed E-state index contributed by atoms with van der Waals surface area (Å²) in [6, 6.07) is 10.5. The fourth-order valence-corrected chi connectivity index (χ4v) is 5.49. The molecule has 0 radical (unpaired) electrons. The molecular weight excluding hydrogens is 480 g/mol.